The third kappa shape index (κ3) is 3.09. The lowest BCUT2D eigenvalue weighted by atomic mass is 10.1. The van der Waals surface area contributed by atoms with Crippen molar-refractivity contribution >= 4 is 27.5 Å². The minimum Gasteiger partial charge on any atom is -0.326 e. The largest absolute Gasteiger partial charge is 0.326 e. The van der Waals surface area contributed by atoms with Crippen LogP contribution in [0.15, 0.2) is 22.7 Å². The number of amides is 1. The molecule has 3 heteroatoms. The van der Waals surface area contributed by atoms with Gasteiger partial charge in [0, 0.05) is 16.1 Å². The molecule has 0 unspecified atom stereocenters. The van der Waals surface area contributed by atoms with Crippen molar-refractivity contribution in [3.05, 3.63) is 28.2 Å². The van der Waals surface area contributed by atoms with Gasteiger partial charge >= 0.3 is 0 Å². The first kappa shape index (κ1) is 12.6. The van der Waals surface area contributed by atoms with Gasteiger partial charge in [0.1, 0.15) is 0 Å². The summed E-state index contributed by atoms with van der Waals surface area (Å²) in [7, 11) is 0. The van der Waals surface area contributed by atoms with Crippen molar-refractivity contribution in [3.8, 4) is 0 Å². The van der Waals surface area contributed by atoms with Gasteiger partial charge in [-0.05, 0) is 43.0 Å². The number of rotatable bonds is 3. The zero-order chi connectivity index (χ0) is 12.3. The fraction of sp³-hybridized carbons (Fsp3) is 0.500. The van der Waals surface area contributed by atoms with Crippen molar-refractivity contribution in [3.63, 3.8) is 0 Å². The summed E-state index contributed by atoms with van der Waals surface area (Å²) in [5, 5.41) is 3.07. The van der Waals surface area contributed by atoms with Crippen LogP contribution in [0, 0.1) is 5.92 Å². The lowest BCUT2D eigenvalue weighted by molar-refractivity contribution is -0.119. The Kier molecular flexibility index (Phi) is 4.21. The molecule has 0 spiro atoms. The number of aryl methyl sites for hydroxylation is 1. The molecule has 2 rings (SSSR count). The molecule has 1 aliphatic rings. The summed E-state index contributed by atoms with van der Waals surface area (Å²) in [6.45, 7) is 2.10. The standard InChI is InChI=1S/C14H18BrNO/c1-2-10-9-12(15)7-8-13(10)16-14(17)11-5-3-4-6-11/h7-9,11H,2-6H2,1H3,(H,16,17). The second-order valence-electron chi connectivity index (χ2n) is 4.63. The Morgan fingerprint density at radius 1 is 1.41 bits per heavy atom. The summed E-state index contributed by atoms with van der Waals surface area (Å²) in [4.78, 5) is 12.0. The first-order valence-electron chi connectivity index (χ1n) is 6.30. The Hall–Kier alpha value is -0.830. The number of hydrogen-bond acceptors (Lipinski definition) is 1. The lowest BCUT2D eigenvalue weighted by Gasteiger charge is -2.13. The molecule has 17 heavy (non-hydrogen) atoms. The number of carbonyl (C=O) groups is 1. The molecule has 1 aromatic carbocycles. The van der Waals surface area contributed by atoms with Gasteiger partial charge in [-0.25, -0.2) is 0 Å². The van der Waals surface area contributed by atoms with E-state index in [4.69, 9.17) is 0 Å². The average molecular weight is 296 g/mol. The molecule has 0 aliphatic heterocycles. The Morgan fingerprint density at radius 3 is 2.76 bits per heavy atom. The summed E-state index contributed by atoms with van der Waals surface area (Å²) in [5.74, 6) is 0.419. The molecule has 0 radical (unpaired) electrons. The molecule has 1 fully saturated rings. The minimum atomic E-state index is 0.194. The van der Waals surface area contributed by atoms with E-state index in [2.05, 4.69) is 34.2 Å². The summed E-state index contributed by atoms with van der Waals surface area (Å²) < 4.78 is 1.06. The highest BCUT2D eigenvalue weighted by Crippen LogP contribution is 2.27. The number of nitrogens with one attached hydrogen (secondary N) is 1. The predicted molar refractivity (Wildman–Crippen MR) is 74.1 cm³/mol. The van der Waals surface area contributed by atoms with E-state index in [0.29, 0.717) is 0 Å². The van der Waals surface area contributed by atoms with Crippen molar-refractivity contribution in [2.45, 2.75) is 39.0 Å². The van der Waals surface area contributed by atoms with Gasteiger partial charge in [0.25, 0.3) is 0 Å². The Bertz CT molecular complexity index is 411. The molecular formula is C14H18BrNO. The van der Waals surface area contributed by atoms with Gasteiger partial charge in [-0.15, -0.1) is 0 Å². The molecule has 0 heterocycles. The second kappa shape index (κ2) is 5.67. The van der Waals surface area contributed by atoms with Crippen LogP contribution in [0.4, 0.5) is 5.69 Å². The summed E-state index contributed by atoms with van der Waals surface area (Å²) in [6.07, 6.45) is 5.41. The van der Waals surface area contributed by atoms with E-state index in [1.165, 1.54) is 18.4 Å². The molecule has 92 valence electrons. The first-order valence-corrected chi connectivity index (χ1v) is 7.09. The molecule has 0 atom stereocenters. The van der Waals surface area contributed by atoms with Gasteiger partial charge in [0.2, 0.25) is 5.91 Å². The van der Waals surface area contributed by atoms with Crippen LogP contribution in [0.3, 0.4) is 0 Å². The van der Waals surface area contributed by atoms with E-state index in [1.807, 2.05) is 12.1 Å². The molecular weight excluding hydrogens is 278 g/mol. The lowest BCUT2D eigenvalue weighted by Crippen LogP contribution is -2.21. The Morgan fingerprint density at radius 2 is 2.12 bits per heavy atom. The van der Waals surface area contributed by atoms with Crippen LogP contribution in [0.25, 0.3) is 0 Å². The van der Waals surface area contributed by atoms with Gasteiger partial charge in [-0.3, -0.25) is 4.79 Å². The normalized spacial score (nSPS) is 16.1. The van der Waals surface area contributed by atoms with Crippen molar-refractivity contribution in [1.29, 1.82) is 0 Å². The van der Waals surface area contributed by atoms with Gasteiger partial charge in [0.15, 0.2) is 0 Å². The van der Waals surface area contributed by atoms with Crippen molar-refractivity contribution in [2.75, 3.05) is 5.32 Å². The minimum absolute atomic E-state index is 0.194. The van der Waals surface area contributed by atoms with Crippen LogP contribution in [-0.2, 0) is 11.2 Å². The third-order valence-corrected chi connectivity index (χ3v) is 3.93. The maximum atomic E-state index is 12.0. The van der Waals surface area contributed by atoms with Gasteiger partial charge < -0.3 is 5.32 Å². The van der Waals surface area contributed by atoms with Crippen LogP contribution >= 0.6 is 15.9 Å². The number of anilines is 1. The van der Waals surface area contributed by atoms with E-state index >= 15 is 0 Å². The summed E-state index contributed by atoms with van der Waals surface area (Å²) in [6, 6.07) is 6.03. The van der Waals surface area contributed by atoms with Gasteiger partial charge in [0.05, 0.1) is 0 Å². The molecule has 2 nitrogen and oxygen atoms in total. The fourth-order valence-corrected chi connectivity index (χ4v) is 2.81. The third-order valence-electron chi connectivity index (χ3n) is 3.43. The molecule has 0 aromatic heterocycles. The predicted octanol–water partition coefficient (Wildman–Crippen LogP) is 4.14. The van der Waals surface area contributed by atoms with Crippen LogP contribution in [-0.4, -0.2) is 5.91 Å². The molecule has 1 aliphatic carbocycles. The van der Waals surface area contributed by atoms with E-state index in [0.717, 1.165) is 29.4 Å². The maximum absolute atomic E-state index is 12.0. The van der Waals surface area contributed by atoms with E-state index in [-0.39, 0.29) is 11.8 Å². The zero-order valence-electron chi connectivity index (χ0n) is 10.1. The summed E-state index contributed by atoms with van der Waals surface area (Å²) >= 11 is 3.46. The Balaban J connectivity index is 2.09. The van der Waals surface area contributed by atoms with Crippen molar-refractivity contribution in [1.82, 2.24) is 0 Å². The van der Waals surface area contributed by atoms with E-state index in [9.17, 15) is 4.79 Å². The fourth-order valence-electron chi connectivity index (χ4n) is 2.40. The maximum Gasteiger partial charge on any atom is 0.227 e. The first-order chi connectivity index (χ1) is 8.20. The topological polar surface area (TPSA) is 29.1 Å². The number of hydrogen-bond donors (Lipinski definition) is 1. The number of carbonyl (C=O) groups excluding carboxylic acids is 1. The Labute approximate surface area is 111 Å². The molecule has 0 saturated heterocycles. The second-order valence-corrected chi connectivity index (χ2v) is 5.54. The summed E-state index contributed by atoms with van der Waals surface area (Å²) in [5.41, 5.74) is 2.15. The average Bonchev–Trinajstić information content (AvgIpc) is 2.85. The van der Waals surface area contributed by atoms with E-state index < -0.39 is 0 Å². The van der Waals surface area contributed by atoms with Crippen molar-refractivity contribution < 1.29 is 4.79 Å². The molecule has 1 amide bonds. The monoisotopic (exact) mass is 295 g/mol. The molecule has 1 N–H and O–H groups in total. The van der Waals surface area contributed by atoms with Crippen molar-refractivity contribution in [2.24, 2.45) is 5.92 Å². The van der Waals surface area contributed by atoms with Gasteiger partial charge in [-0.2, -0.15) is 0 Å². The molecule has 1 aromatic rings. The highest BCUT2D eigenvalue weighted by Gasteiger charge is 2.22. The van der Waals surface area contributed by atoms with Gasteiger partial charge in [-0.1, -0.05) is 35.7 Å². The highest BCUT2D eigenvalue weighted by molar-refractivity contribution is 9.10. The van der Waals surface area contributed by atoms with Crippen LogP contribution in [0.1, 0.15) is 38.2 Å². The van der Waals surface area contributed by atoms with Crippen LogP contribution < -0.4 is 5.32 Å². The van der Waals surface area contributed by atoms with Crippen LogP contribution in [0.2, 0.25) is 0 Å². The highest BCUT2D eigenvalue weighted by atomic mass is 79.9. The SMILES string of the molecule is CCc1cc(Br)ccc1NC(=O)C1CCCC1. The van der Waals surface area contributed by atoms with E-state index in [1.54, 1.807) is 0 Å². The smallest absolute Gasteiger partial charge is 0.227 e. The van der Waals surface area contributed by atoms with Crippen LogP contribution in [0.5, 0.6) is 0 Å². The molecule has 0 bridgehead atoms. The molecule has 1 saturated carbocycles. The number of benzene rings is 1. The zero-order valence-corrected chi connectivity index (χ0v) is 11.7. The number of halogens is 1. The quantitative estimate of drug-likeness (QED) is 0.892.